The molecule has 1 aliphatic heterocycles. The Kier molecular flexibility index (Phi) is 10.2. The van der Waals surface area contributed by atoms with E-state index in [-0.39, 0.29) is 29.8 Å². The number of aliphatic imine (C=N–C) groups is 1. The van der Waals surface area contributed by atoms with Crippen molar-refractivity contribution >= 4 is 40.0 Å². The Morgan fingerprint density at radius 3 is 2.52 bits per heavy atom. The Balaban J connectivity index is 0.00000341. The molecule has 2 N–H and O–H groups in total. The molecule has 170 valence electrons. The lowest BCUT2D eigenvalue weighted by Crippen LogP contribution is -2.37. The molecule has 1 fully saturated rings. The molecule has 1 heterocycles. The van der Waals surface area contributed by atoms with Crippen LogP contribution < -0.4 is 10.6 Å². The van der Waals surface area contributed by atoms with Crippen LogP contribution in [0.2, 0.25) is 0 Å². The van der Waals surface area contributed by atoms with Crippen LogP contribution in [0.1, 0.15) is 37.3 Å². The van der Waals surface area contributed by atoms with Crippen LogP contribution in [0.25, 0.3) is 0 Å². The summed E-state index contributed by atoms with van der Waals surface area (Å²) < 4.78 is 41.2. The van der Waals surface area contributed by atoms with E-state index in [1.807, 2.05) is 13.0 Å². The van der Waals surface area contributed by atoms with Crippen LogP contribution in [0.4, 0.5) is 4.39 Å². The number of sulfonamides is 1. The number of rotatable bonds is 7. The zero-order chi connectivity index (χ0) is 21.4. The van der Waals surface area contributed by atoms with Crippen LogP contribution in [-0.2, 0) is 23.1 Å². The molecule has 0 aromatic heterocycles. The largest absolute Gasteiger partial charge is 0.357 e. The van der Waals surface area contributed by atoms with Crippen LogP contribution in [0.3, 0.4) is 0 Å². The van der Waals surface area contributed by atoms with Gasteiger partial charge in [0.25, 0.3) is 0 Å². The van der Waals surface area contributed by atoms with E-state index < -0.39 is 10.0 Å². The van der Waals surface area contributed by atoms with E-state index >= 15 is 0 Å². The highest BCUT2D eigenvalue weighted by Crippen LogP contribution is 2.21. The first-order valence-corrected chi connectivity index (χ1v) is 11.8. The van der Waals surface area contributed by atoms with Gasteiger partial charge in [0.05, 0.1) is 11.4 Å². The second-order valence-electron chi connectivity index (χ2n) is 7.25. The summed E-state index contributed by atoms with van der Waals surface area (Å²) in [5.41, 5.74) is 1.36. The van der Waals surface area contributed by atoms with Gasteiger partial charge in [0.15, 0.2) is 5.96 Å². The predicted molar refractivity (Wildman–Crippen MR) is 133 cm³/mol. The topological polar surface area (TPSA) is 73.8 Å². The summed E-state index contributed by atoms with van der Waals surface area (Å²) in [6, 6.07) is 13.5. The standard InChI is InChI=1S/C22H29FN4O2S.HI/c1-2-24-22(26-17-19-10-4-5-12-21(19)23)25-16-18-9-8-11-20(15-18)30(28,29)27-13-6-3-7-14-27;/h4-5,8-12,15H,2-3,6-7,13-14,16-17H2,1H3,(H2,24,25,26);1H. The highest BCUT2D eigenvalue weighted by Gasteiger charge is 2.25. The first-order chi connectivity index (χ1) is 14.5. The molecule has 0 atom stereocenters. The maximum absolute atomic E-state index is 13.8. The zero-order valence-corrected chi connectivity index (χ0v) is 20.8. The number of piperidine rings is 1. The molecule has 31 heavy (non-hydrogen) atoms. The summed E-state index contributed by atoms with van der Waals surface area (Å²) in [7, 11) is -3.47. The molecule has 0 unspecified atom stereocenters. The molecule has 0 bridgehead atoms. The monoisotopic (exact) mass is 560 g/mol. The van der Waals surface area contributed by atoms with Crippen molar-refractivity contribution in [2.45, 2.75) is 44.2 Å². The normalized spacial score (nSPS) is 15.2. The van der Waals surface area contributed by atoms with Gasteiger partial charge in [-0.25, -0.2) is 17.8 Å². The first-order valence-electron chi connectivity index (χ1n) is 10.4. The predicted octanol–water partition coefficient (Wildman–Crippen LogP) is 3.87. The quantitative estimate of drug-likeness (QED) is 0.307. The summed E-state index contributed by atoms with van der Waals surface area (Å²) in [6.07, 6.45) is 2.89. The fraction of sp³-hybridized carbons (Fsp3) is 0.409. The van der Waals surface area contributed by atoms with E-state index in [9.17, 15) is 12.8 Å². The van der Waals surface area contributed by atoms with Gasteiger partial charge < -0.3 is 10.6 Å². The molecule has 6 nitrogen and oxygen atoms in total. The molecule has 2 aromatic rings. The molecule has 0 spiro atoms. The van der Waals surface area contributed by atoms with Gasteiger partial charge in [-0.15, -0.1) is 24.0 Å². The molecule has 9 heteroatoms. The molecule has 1 aliphatic rings. The Morgan fingerprint density at radius 2 is 1.81 bits per heavy atom. The summed E-state index contributed by atoms with van der Waals surface area (Å²) in [6.45, 7) is 4.39. The van der Waals surface area contributed by atoms with E-state index in [0.717, 1.165) is 24.8 Å². The van der Waals surface area contributed by atoms with Gasteiger partial charge in [0, 0.05) is 31.7 Å². The second-order valence-corrected chi connectivity index (χ2v) is 9.19. The molecular formula is C22H30FIN4O2S. The molecular weight excluding hydrogens is 530 g/mol. The van der Waals surface area contributed by atoms with Gasteiger partial charge in [-0.05, 0) is 43.5 Å². The fourth-order valence-electron chi connectivity index (χ4n) is 3.39. The number of hydrogen-bond donors (Lipinski definition) is 2. The highest BCUT2D eigenvalue weighted by molar-refractivity contribution is 14.0. The van der Waals surface area contributed by atoms with Crippen molar-refractivity contribution in [1.82, 2.24) is 14.9 Å². The van der Waals surface area contributed by atoms with Gasteiger partial charge in [0.2, 0.25) is 10.0 Å². The number of guanidine groups is 1. The lowest BCUT2D eigenvalue weighted by molar-refractivity contribution is 0.346. The SMILES string of the molecule is CCNC(=NCc1cccc(S(=O)(=O)N2CCCCC2)c1)NCc1ccccc1F.I. The lowest BCUT2D eigenvalue weighted by Gasteiger charge is -2.26. The second kappa shape index (κ2) is 12.4. The Bertz CT molecular complexity index is 979. The minimum absolute atomic E-state index is 0. The van der Waals surface area contributed by atoms with Crippen molar-refractivity contribution in [2.24, 2.45) is 4.99 Å². The fourth-order valence-corrected chi connectivity index (χ4v) is 4.98. The maximum Gasteiger partial charge on any atom is 0.243 e. The molecule has 0 amide bonds. The molecule has 1 saturated heterocycles. The van der Waals surface area contributed by atoms with E-state index in [0.29, 0.717) is 49.1 Å². The van der Waals surface area contributed by atoms with Crippen molar-refractivity contribution in [3.63, 3.8) is 0 Å². The van der Waals surface area contributed by atoms with Crippen molar-refractivity contribution in [2.75, 3.05) is 19.6 Å². The minimum Gasteiger partial charge on any atom is -0.357 e. The van der Waals surface area contributed by atoms with Crippen molar-refractivity contribution in [3.8, 4) is 0 Å². The first kappa shape index (κ1) is 25.5. The van der Waals surface area contributed by atoms with Crippen molar-refractivity contribution < 1.29 is 12.8 Å². The molecule has 2 aromatic carbocycles. The van der Waals surface area contributed by atoms with Gasteiger partial charge in [-0.1, -0.05) is 36.8 Å². The molecule has 0 aliphatic carbocycles. The van der Waals surface area contributed by atoms with Crippen LogP contribution in [0.15, 0.2) is 58.4 Å². The number of nitrogens with one attached hydrogen (secondary N) is 2. The van der Waals surface area contributed by atoms with Gasteiger partial charge in [-0.2, -0.15) is 4.31 Å². The Morgan fingerprint density at radius 1 is 1.06 bits per heavy atom. The van der Waals surface area contributed by atoms with E-state index in [1.54, 1.807) is 40.7 Å². The number of nitrogens with zero attached hydrogens (tertiary/aromatic N) is 2. The van der Waals surface area contributed by atoms with E-state index in [1.165, 1.54) is 6.07 Å². The van der Waals surface area contributed by atoms with E-state index in [4.69, 9.17) is 0 Å². The van der Waals surface area contributed by atoms with Crippen LogP contribution in [0, 0.1) is 5.82 Å². The third-order valence-electron chi connectivity index (χ3n) is 5.02. The smallest absolute Gasteiger partial charge is 0.243 e. The molecule has 0 saturated carbocycles. The average molecular weight is 560 g/mol. The van der Waals surface area contributed by atoms with Gasteiger partial charge in [-0.3, -0.25) is 0 Å². The van der Waals surface area contributed by atoms with E-state index in [2.05, 4.69) is 15.6 Å². The van der Waals surface area contributed by atoms with Crippen molar-refractivity contribution in [1.29, 1.82) is 0 Å². The maximum atomic E-state index is 13.8. The van der Waals surface area contributed by atoms with Crippen LogP contribution >= 0.6 is 24.0 Å². The summed E-state index contributed by atoms with van der Waals surface area (Å²) in [4.78, 5) is 4.83. The van der Waals surface area contributed by atoms with Gasteiger partial charge >= 0.3 is 0 Å². The minimum atomic E-state index is -3.47. The van der Waals surface area contributed by atoms with Crippen molar-refractivity contribution in [3.05, 3.63) is 65.5 Å². The molecule has 0 radical (unpaired) electrons. The lowest BCUT2D eigenvalue weighted by atomic mass is 10.2. The number of benzene rings is 2. The van der Waals surface area contributed by atoms with Gasteiger partial charge in [0.1, 0.15) is 5.82 Å². The van der Waals surface area contributed by atoms with Crippen LogP contribution in [-0.4, -0.2) is 38.3 Å². The summed E-state index contributed by atoms with van der Waals surface area (Å²) in [5.74, 6) is 0.279. The Labute approximate surface area is 201 Å². The highest BCUT2D eigenvalue weighted by atomic mass is 127. The third kappa shape index (κ3) is 7.15. The summed E-state index contributed by atoms with van der Waals surface area (Å²) in [5, 5.41) is 6.25. The average Bonchev–Trinajstić information content (AvgIpc) is 2.77. The molecule has 3 rings (SSSR count). The zero-order valence-electron chi connectivity index (χ0n) is 17.7. The number of halogens is 2. The summed E-state index contributed by atoms with van der Waals surface area (Å²) >= 11 is 0. The van der Waals surface area contributed by atoms with Crippen LogP contribution in [0.5, 0.6) is 0 Å². The number of hydrogen-bond acceptors (Lipinski definition) is 3. The third-order valence-corrected chi connectivity index (χ3v) is 6.91. The Hall–Kier alpha value is -1.72.